The van der Waals surface area contributed by atoms with Crippen LogP contribution in [0.5, 0.6) is 0 Å². The third-order valence-electron chi connectivity index (χ3n) is 4.91. The van der Waals surface area contributed by atoms with Gasteiger partial charge in [-0.1, -0.05) is 6.42 Å². The van der Waals surface area contributed by atoms with Crippen molar-refractivity contribution < 1.29 is 9.21 Å². The van der Waals surface area contributed by atoms with Crippen LogP contribution in [-0.4, -0.2) is 40.2 Å². The molecule has 1 saturated heterocycles. The van der Waals surface area contributed by atoms with Gasteiger partial charge >= 0.3 is 0 Å². The summed E-state index contributed by atoms with van der Waals surface area (Å²) in [7, 11) is 0. The zero-order valence-corrected chi connectivity index (χ0v) is 15.4. The maximum Gasteiger partial charge on any atom is 0.287 e. The van der Waals surface area contributed by atoms with E-state index in [-0.39, 0.29) is 11.9 Å². The smallest absolute Gasteiger partial charge is 0.287 e. The van der Waals surface area contributed by atoms with Crippen molar-refractivity contribution in [3.63, 3.8) is 0 Å². The Hall–Kier alpha value is -2.08. The Balaban J connectivity index is 1.52. The molecule has 1 N–H and O–H groups in total. The molecule has 136 valence electrons. The van der Waals surface area contributed by atoms with Gasteiger partial charge in [-0.05, 0) is 64.9 Å². The van der Waals surface area contributed by atoms with E-state index in [0.717, 1.165) is 30.2 Å². The monoisotopic (exact) mass is 344 g/mol. The van der Waals surface area contributed by atoms with Gasteiger partial charge in [-0.15, -0.1) is 0 Å². The third-order valence-corrected chi connectivity index (χ3v) is 4.91. The SMILES string of the molecule is Cc1cc(C)n(CCNC(=O)c2ccc([C@@H](C)N3CCCCC3)o2)n1. The predicted molar refractivity (Wildman–Crippen MR) is 96.6 cm³/mol. The van der Waals surface area contributed by atoms with Crippen molar-refractivity contribution in [2.45, 2.75) is 52.6 Å². The van der Waals surface area contributed by atoms with E-state index in [0.29, 0.717) is 18.8 Å². The fourth-order valence-corrected chi connectivity index (χ4v) is 3.45. The molecule has 1 aliphatic rings. The maximum atomic E-state index is 12.3. The first-order valence-electron chi connectivity index (χ1n) is 9.17. The number of aryl methyl sites for hydroxylation is 2. The van der Waals surface area contributed by atoms with Crippen molar-refractivity contribution in [3.05, 3.63) is 41.1 Å². The lowest BCUT2D eigenvalue weighted by molar-refractivity contribution is 0.0915. The van der Waals surface area contributed by atoms with Crippen molar-refractivity contribution >= 4 is 5.91 Å². The number of rotatable bonds is 6. The predicted octanol–water partition coefficient (Wildman–Crippen LogP) is 3.07. The van der Waals surface area contributed by atoms with E-state index in [9.17, 15) is 4.79 Å². The summed E-state index contributed by atoms with van der Waals surface area (Å²) in [5.74, 6) is 1.08. The van der Waals surface area contributed by atoms with Crippen molar-refractivity contribution in [3.8, 4) is 0 Å². The Bertz CT molecular complexity index is 713. The number of nitrogens with zero attached hydrogens (tertiary/aromatic N) is 3. The Morgan fingerprint density at radius 3 is 2.72 bits per heavy atom. The molecule has 1 amide bonds. The molecule has 0 bridgehead atoms. The summed E-state index contributed by atoms with van der Waals surface area (Å²) in [4.78, 5) is 14.7. The van der Waals surface area contributed by atoms with Gasteiger partial charge in [0.15, 0.2) is 5.76 Å². The van der Waals surface area contributed by atoms with E-state index in [4.69, 9.17) is 4.42 Å². The van der Waals surface area contributed by atoms with E-state index < -0.39 is 0 Å². The van der Waals surface area contributed by atoms with Crippen LogP contribution in [0.3, 0.4) is 0 Å². The van der Waals surface area contributed by atoms with Crippen LogP contribution >= 0.6 is 0 Å². The van der Waals surface area contributed by atoms with Crippen LogP contribution in [0.25, 0.3) is 0 Å². The minimum absolute atomic E-state index is 0.168. The van der Waals surface area contributed by atoms with Gasteiger partial charge in [0.05, 0.1) is 18.3 Å². The fraction of sp³-hybridized carbons (Fsp3) is 0.579. The number of amides is 1. The summed E-state index contributed by atoms with van der Waals surface area (Å²) >= 11 is 0. The maximum absolute atomic E-state index is 12.3. The first-order valence-corrected chi connectivity index (χ1v) is 9.17. The molecular formula is C19H28N4O2. The van der Waals surface area contributed by atoms with Gasteiger partial charge in [0, 0.05) is 12.2 Å². The van der Waals surface area contributed by atoms with Crippen molar-refractivity contribution in [2.75, 3.05) is 19.6 Å². The molecule has 6 nitrogen and oxygen atoms in total. The molecule has 2 aromatic heterocycles. The van der Waals surface area contributed by atoms with Crippen molar-refractivity contribution in [2.24, 2.45) is 0 Å². The molecule has 3 rings (SSSR count). The van der Waals surface area contributed by atoms with E-state index in [2.05, 4.69) is 22.2 Å². The molecule has 3 heterocycles. The zero-order chi connectivity index (χ0) is 17.8. The Morgan fingerprint density at radius 1 is 1.28 bits per heavy atom. The number of furan rings is 1. The number of hydrogen-bond acceptors (Lipinski definition) is 4. The highest BCUT2D eigenvalue weighted by Gasteiger charge is 2.22. The topological polar surface area (TPSA) is 63.3 Å². The van der Waals surface area contributed by atoms with Crippen LogP contribution < -0.4 is 5.32 Å². The van der Waals surface area contributed by atoms with E-state index in [1.807, 2.05) is 30.7 Å². The fourth-order valence-electron chi connectivity index (χ4n) is 3.45. The molecule has 6 heteroatoms. The number of hydrogen-bond donors (Lipinski definition) is 1. The summed E-state index contributed by atoms with van der Waals surface area (Å²) in [5, 5.41) is 7.30. The number of likely N-dealkylation sites (tertiary alicyclic amines) is 1. The molecule has 0 aromatic carbocycles. The zero-order valence-electron chi connectivity index (χ0n) is 15.4. The van der Waals surface area contributed by atoms with Crippen molar-refractivity contribution in [1.29, 1.82) is 0 Å². The summed E-state index contributed by atoms with van der Waals surface area (Å²) in [6, 6.07) is 5.95. The molecule has 0 aliphatic carbocycles. The Kier molecular flexibility index (Phi) is 5.58. The molecule has 2 aromatic rings. The third kappa shape index (κ3) is 4.31. The Morgan fingerprint density at radius 2 is 2.04 bits per heavy atom. The number of aromatic nitrogens is 2. The van der Waals surface area contributed by atoms with Gasteiger partial charge < -0.3 is 9.73 Å². The van der Waals surface area contributed by atoms with Gasteiger partial charge in [-0.2, -0.15) is 5.10 Å². The van der Waals surface area contributed by atoms with Crippen LogP contribution in [0.15, 0.2) is 22.6 Å². The number of piperidine rings is 1. The lowest BCUT2D eigenvalue weighted by atomic mass is 10.1. The first-order chi connectivity index (χ1) is 12.0. The lowest BCUT2D eigenvalue weighted by Crippen LogP contribution is -2.32. The molecule has 0 unspecified atom stereocenters. The van der Waals surface area contributed by atoms with Crippen LogP contribution in [0.1, 0.15) is 59.9 Å². The van der Waals surface area contributed by atoms with Gasteiger partial charge in [0.1, 0.15) is 5.76 Å². The highest BCUT2D eigenvalue weighted by Crippen LogP contribution is 2.25. The largest absolute Gasteiger partial charge is 0.454 e. The minimum atomic E-state index is -0.168. The second kappa shape index (κ2) is 7.87. The van der Waals surface area contributed by atoms with E-state index >= 15 is 0 Å². The lowest BCUT2D eigenvalue weighted by Gasteiger charge is -2.31. The number of carbonyl (C=O) groups excluding carboxylic acids is 1. The second-order valence-corrected chi connectivity index (χ2v) is 6.88. The molecule has 0 spiro atoms. The standard InChI is InChI=1S/C19H28N4O2/c1-14-13-15(2)23(21-14)12-9-20-19(24)18-8-7-17(25-18)16(3)22-10-5-4-6-11-22/h7-8,13,16H,4-6,9-12H2,1-3H3,(H,20,24)/t16-/m1/s1. The number of carbonyl (C=O) groups is 1. The quantitative estimate of drug-likeness (QED) is 0.875. The van der Waals surface area contributed by atoms with Crippen LogP contribution in [-0.2, 0) is 6.54 Å². The molecule has 25 heavy (non-hydrogen) atoms. The highest BCUT2D eigenvalue weighted by atomic mass is 16.4. The van der Waals surface area contributed by atoms with Gasteiger partial charge in [-0.25, -0.2) is 0 Å². The minimum Gasteiger partial charge on any atom is -0.454 e. The molecule has 1 fully saturated rings. The normalized spacial score (nSPS) is 16.8. The molecule has 1 aliphatic heterocycles. The molecule has 1 atom stereocenters. The van der Waals surface area contributed by atoms with Gasteiger partial charge in [0.2, 0.25) is 0 Å². The second-order valence-electron chi connectivity index (χ2n) is 6.88. The molecule has 0 saturated carbocycles. The van der Waals surface area contributed by atoms with E-state index in [1.165, 1.54) is 19.3 Å². The molecule has 0 radical (unpaired) electrons. The number of nitrogens with one attached hydrogen (secondary N) is 1. The molecular weight excluding hydrogens is 316 g/mol. The van der Waals surface area contributed by atoms with Gasteiger partial charge in [0.25, 0.3) is 5.91 Å². The summed E-state index contributed by atoms with van der Waals surface area (Å²) in [5.41, 5.74) is 2.09. The average molecular weight is 344 g/mol. The van der Waals surface area contributed by atoms with Crippen LogP contribution in [0.4, 0.5) is 0 Å². The van der Waals surface area contributed by atoms with Crippen LogP contribution in [0, 0.1) is 13.8 Å². The average Bonchev–Trinajstić information content (AvgIpc) is 3.22. The van der Waals surface area contributed by atoms with Gasteiger partial charge in [-0.3, -0.25) is 14.4 Å². The highest BCUT2D eigenvalue weighted by molar-refractivity contribution is 5.91. The summed E-state index contributed by atoms with van der Waals surface area (Å²) in [6.07, 6.45) is 3.79. The van der Waals surface area contributed by atoms with E-state index in [1.54, 1.807) is 6.07 Å². The van der Waals surface area contributed by atoms with Crippen molar-refractivity contribution in [1.82, 2.24) is 20.0 Å². The summed E-state index contributed by atoms with van der Waals surface area (Å²) in [6.45, 7) is 9.52. The first kappa shape index (κ1) is 17.7. The Labute approximate surface area is 149 Å². The summed E-state index contributed by atoms with van der Waals surface area (Å²) < 4.78 is 7.72. The van der Waals surface area contributed by atoms with Crippen LogP contribution in [0.2, 0.25) is 0 Å².